The minimum Gasteiger partial charge on any atom is -0.489 e. The van der Waals surface area contributed by atoms with Crippen LogP contribution in [0.15, 0.2) is 66.7 Å². The quantitative estimate of drug-likeness (QED) is 0.270. The van der Waals surface area contributed by atoms with Gasteiger partial charge in [0.2, 0.25) is 0 Å². The molecule has 154 valence electrons. The molecule has 1 aliphatic carbocycles. The molecular formula is C25H18O6. The maximum atomic E-state index is 13.0. The van der Waals surface area contributed by atoms with Crippen LogP contribution in [0.2, 0.25) is 0 Å². The van der Waals surface area contributed by atoms with Gasteiger partial charge in [0.05, 0.1) is 11.1 Å². The lowest BCUT2D eigenvalue weighted by molar-refractivity contribution is 0.0446. The van der Waals surface area contributed by atoms with Crippen molar-refractivity contribution in [3.8, 4) is 5.75 Å². The van der Waals surface area contributed by atoms with Gasteiger partial charge >= 0.3 is 5.97 Å². The molecule has 1 aliphatic rings. The summed E-state index contributed by atoms with van der Waals surface area (Å²) in [5, 5.41) is 0. The molecule has 31 heavy (non-hydrogen) atoms. The molecule has 0 saturated carbocycles. The van der Waals surface area contributed by atoms with E-state index in [2.05, 4.69) is 0 Å². The third-order valence-corrected chi connectivity index (χ3v) is 5.01. The first-order chi connectivity index (χ1) is 15.0. The van der Waals surface area contributed by atoms with Crippen molar-refractivity contribution in [2.75, 3.05) is 13.2 Å². The molecule has 0 atom stereocenters. The number of ether oxygens (including phenoxy) is 2. The van der Waals surface area contributed by atoms with E-state index in [0.717, 1.165) is 0 Å². The van der Waals surface area contributed by atoms with Gasteiger partial charge in [-0.15, -0.1) is 0 Å². The van der Waals surface area contributed by atoms with E-state index in [0.29, 0.717) is 16.9 Å². The molecule has 0 heterocycles. The largest absolute Gasteiger partial charge is 0.489 e. The number of ketones is 3. The smallest absolute Gasteiger partial charge is 0.339 e. The molecule has 0 saturated heterocycles. The van der Waals surface area contributed by atoms with Gasteiger partial charge in [-0.05, 0) is 25.1 Å². The third kappa shape index (κ3) is 3.75. The van der Waals surface area contributed by atoms with Crippen LogP contribution >= 0.6 is 0 Å². The van der Waals surface area contributed by atoms with Crippen molar-refractivity contribution in [2.45, 2.75) is 6.92 Å². The summed E-state index contributed by atoms with van der Waals surface area (Å²) in [6.45, 7) is 1.38. The summed E-state index contributed by atoms with van der Waals surface area (Å²) in [5.41, 5.74) is 1.31. The number of esters is 1. The molecule has 0 fully saturated rings. The number of fused-ring (bicyclic) bond motifs is 2. The number of rotatable bonds is 6. The van der Waals surface area contributed by atoms with Gasteiger partial charge in [0.25, 0.3) is 0 Å². The Bertz CT molecular complexity index is 1220. The van der Waals surface area contributed by atoms with Gasteiger partial charge in [0.1, 0.15) is 19.0 Å². The van der Waals surface area contributed by atoms with Crippen LogP contribution in [0.4, 0.5) is 0 Å². The van der Waals surface area contributed by atoms with Gasteiger partial charge in [0, 0.05) is 22.3 Å². The van der Waals surface area contributed by atoms with E-state index in [1.54, 1.807) is 54.6 Å². The minimum absolute atomic E-state index is 0.0285. The van der Waals surface area contributed by atoms with E-state index in [1.807, 2.05) is 0 Å². The van der Waals surface area contributed by atoms with Crippen LogP contribution in [0.25, 0.3) is 0 Å². The van der Waals surface area contributed by atoms with Crippen LogP contribution < -0.4 is 4.74 Å². The molecule has 0 amide bonds. The Hall–Kier alpha value is -4.06. The topological polar surface area (TPSA) is 86.7 Å². The van der Waals surface area contributed by atoms with E-state index in [-0.39, 0.29) is 52.8 Å². The maximum Gasteiger partial charge on any atom is 0.339 e. The van der Waals surface area contributed by atoms with E-state index >= 15 is 0 Å². The molecule has 6 heteroatoms. The molecule has 0 unspecified atom stereocenters. The van der Waals surface area contributed by atoms with Crippen molar-refractivity contribution >= 4 is 23.3 Å². The van der Waals surface area contributed by atoms with Crippen LogP contribution in [0.1, 0.15) is 59.5 Å². The second-order valence-corrected chi connectivity index (χ2v) is 6.97. The summed E-state index contributed by atoms with van der Waals surface area (Å²) >= 11 is 0. The lowest BCUT2D eigenvalue weighted by atomic mass is 9.82. The van der Waals surface area contributed by atoms with Crippen molar-refractivity contribution < 1.29 is 28.7 Å². The molecule has 3 aromatic rings. The van der Waals surface area contributed by atoms with E-state index in [1.165, 1.54) is 19.1 Å². The molecule has 0 N–H and O–H groups in total. The zero-order chi connectivity index (χ0) is 22.0. The number of benzene rings is 3. The summed E-state index contributed by atoms with van der Waals surface area (Å²) in [7, 11) is 0. The zero-order valence-electron chi connectivity index (χ0n) is 16.7. The highest BCUT2D eigenvalue weighted by Crippen LogP contribution is 2.29. The van der Waals surface area contributed by atoms with E-state index in [9.17, 15) is 19.2 Å². The molecule has 4 rings (SSSR count). The van der Waals surface area contributed by atoms with Crippen LogP contribution in [-0.4, -0.2) is 36.5 Å². The fourth-order valence-corrected chi connectivity index (χ4v) is 3.56. The van der Waals surface area contributed by atoms with Crippen LogP contribution in [0.5, 0.6) is 5.75 Å². The zero-order valence-corrected chi connectivity index (χ0v) is 16.7. The fraction of sp³-hybridized carbons (Fsp3) is 0.120. The predicted molar refractivity (Wildman–Crippen MR) is 112 cm³/mol. The SMILES string of the molecule is CC(=O)c1ccccc1OCCOC(=O)c1cccc2c1C(=O)c1ccccc1C2=O. The second-order valence-electron chi connectivity index (χ2n) is 6.97. The van der Waals surface area contributed by atoms with Crippen molar-refractivity contribution in [3.63, 3.8) is 0 Å². The van der Waals surface area contributed by atoms with E-state index in [4.69, 9.17) is 9.47 Å². The summed E-state index contributed by atoms with van der Waals surface area (Å²) < 4.78 is 10.8. The minimum atomic E-state index is -0.721. The van der Waals surface area contributed by atoms with E-state index < -0.39 is 5.97 Å². The molecule has 0 aromatic heterocycles. The number of carbonyl (C=O) groups is 4. The Balaban J connectivity index is 1.49. The standard InChI is InChI=1S/C25H18O6/c1-15(26)16-7-4-5-12-21(16)30-13-14-31-25(29)20-11-6-10-19-22(20)24(28)18-9-3-2-8-17(18)23(19)27/h2-12H,13-14H2,1H3. The van der Waals surface area contributed by atoms with Crippen molar-refractivity contribution in [1.82, 2.24) is 0 Å². The predicted octanol–water partition coefficient (Wildman–Crippen LogP) is 3.90. The van der Waals surface area contributed by atoms with Gasteiger partial charge in [-0.1, -0.05) is 48.5 Å². The average molecular weight is 414 g/mol. The second kappa shape index (κ2) is 8.36. The fourth-order valence-electron chi connectivity index (χ4n) is 3.56. The monoisotopic (exact) mass is 414 g/mol. The third-order valence-electron chi connectivity index (χ3n) is 5.01. The van der Waals surface area contributed by atoms with Gasteiger partial charge in [-0.25, -0.2) is 4.79 Å². The lowest BCUT2D eigenvalue weighted by Gasteiger charge is -2.19. The van der Waals surface area contributed by atoms with Gasteiger partial charge in [-0.2, -0.15) is 0 Å². The number of hydrogen-bond acceptors (Lipinski definition) is 6. The first kappa shape index (κ1) is 20.2. The Kier molecular flexibility index (Phi) is 5.45. The summed E-state index contributed by atoms with van der Waals surface area (Å²) in [4.78, 5) is 50.1. The molecule has 0 aliphatic heterocycles. The number of Topliss-reactive ketones (excluding diaryl/α,β-unsaturated/α-hetero) is 1. The highest BCUT2D eigenvalue weighted by atomic mass is 16.6. The van der Waals surface area contributed by atoms with Crippen LogP contribution in [-0.2, 0) is 4.74 Å². The van der Waals surface area contributed by atoms with Crippen LogP contribution in [0.3, 0.4) is 0 Å². The van der Waals surface area contributed by atoms with Crippen molar-refractivity contribution in [3.05, 3.63) is 100 Å². The van der Waals surface area contributed by atoms with Crippen molar-refractivity contribution in [2.24, 2.45) is 0 Å². The van der Waals surface area contributed by atoms with Gasteiger partial charge in [-0.3, -0.25) is 14.4 Å². The molecule has 6 nitrogen and oxygen atoms in total. The summed E-state index contributed by atoms with van der Waals surface area (Å²) in [5.74, 6) is -1.14. The molecule has 3 aromatic carbocycles. The molecule has 0 bridgehead atoms. The number of carbonyl (C=O) groups excluding carboxylic acids is 4. The lowest BCUT2D eigenvalue weighted by Crippen LogP contribution is -2.24. The Morgan fingerprint density at radius 2 is 1.32 bits per heavy atom. The van der Waals surface area contributed by atoms with Gasteiger partial charge in [0.15, 0.2) is 17.3 Å². The Labute approximate surface area is 178 Å². The molecular weight excluding hydrogens is 396 g/mol. The highest BCUT2D eigenvalue weighted by molar-refractivity contribution is 6.30. The summed E-state index contributed by atoms with van der Waals surface area (Å²) in [6.07, 6.45) is 0. The maximum absolute atomic E-state index is 13.0. The molecule has 0 radical (unpaired) electrons. The normalized spacial score (nSPS) is 12.0. The first-order valence-electron chi connectivity index (χ1n) is 9.70. The number of hydrogen-bond donors (Lipinski definition) is 0. The number of para-hydroxylation sites is 1. The Morgan fingerprint density at radius 1 is 0.710 bits per heavy atom. The Morgan fingerprint density at radius 3 is 2.06 bits per heavy atom. The van der Waals surface area contributed by atoms with Gasteiger partial charge < -0.3 is 9.47 Å². The highest BCUT2D eigenvalue weighted by Gasteiger charge is 2.33. The summed E-state index contributed by atoms with van der Waals surface area (Å²) in [6, 6.07) is 17.9. The molecule has 0 spiro atoms. The average Bonchev–Trinajstić information content (AvgIpc) is 2.79. The first-order valence-corrected chi connectivity index (χ1v) is 9.70. The van der Waals surface area contributed by atoms with Crippen LogP contribution in [0, 0.1) is 0 Å². The van der Waals surface area contributed by atoms with Crippen molar-refractivity contribution in [1.29, 1.82) is 0 Å².